The molecule has 0 spiro atoms. The Morgan fingerprint density at radius 3 is 2.54 bits per heavy atom. The minimum absolute atomic E-state index is 0.181. The van der Waals surface area contributed by atoms with E-state index in [0.717, 1.165) is 0 Å². The molecule has 0 atom stereocenters. The van der Waals surface area contributed by atoms with Gasteiger partial charge in [-0.25, -0.2) is 9.97 Å². The lowest BCUT2D eigenvalue weighted by Gasteiger charge is -2.34. The topological polar surface area (TPSA) is 87.7 Å². The van der Waals surface area contributed by atoms with Gasteiger partial charge in [0.15, 0.2) is 0 Å². The van der Waals surface area contributed by atoms with Crippen LogP contribution in [0.15, 0.2) is 42.7 Å². The maximum atomic E-state index is 12.4. The van der Waals surface area contributed by atoms with Gasteiger partial charge < -0.3 is 19.9 Å². The second-order valence-electron chi connectivity index (χ2n) is 5.87. The van der Waals surface area contributed by atoms with Crippen LogP contribution < -0.4 is 15.0 Å². The Balaban J connectivity index is 1.48. The highest BCUT2D eigenvalue weighted by molar-refractivity contribution is 6.03. The summed E-state index contributed by atoms with van der Waals surface area (Å²) in [4.78, 5) is 36.6. The van der Waals surface area contributed by atoms with Crippen molar-refractivity contribution in [3.8, 4) is 5.75 Å². The van der Waals surface area contributed by atoms with E-state index >= 15 is 0 Å². The highest BCUT2D eigenvalue weighted by Gasteiger charge is 2.23. The molecular formula is C18H21N5O3. The second-order valence-corrected chi connectivity index (χ2v) is 5.87. The zero-order valence-corrected chi connectivity index (χ0v) is 14.6. The molecule has 0 bridgehead atoms. The zero-order chi connectivity index (χ0) is 18.4. The summed E-state index contributed by atoms with van der Waals surface area (Å²) < 4.78 is 5.12. The fourth-order valence-corrected chi connectivity index (χ4v) is 2.77. The summed E-state index contributed by atoms with van der Waals surface area (Å²) in [5, 5.41) is 2.72. The van der Waals surface area contributed by atoms with Crippen LogP contribution in [0.1, 0.15) is 6.42 Å². The molecular weight excluding hydrogens is 334 g/mol. The second kappa shape index (κ2) is 8.28. The van der Waals surface area contributed by atoms with Crippen molar-refractivity contribution in [1.29, 1.82) is 0 Å². The van der Waals surface area contributed by atoms with Gasteiger partial charge in [-0.3, -0.25) is 9.59 Å². The largest absolute Gasteiger partial charge is 0.497 e. The van der Waals surface area contributed by atoms with Crippen LogP contribution in [0, 0.1) is 0 Å². The normalized spacial score (nSPS) is 14.0. The lowest BCUT2D eigenvalue weighted by molar-refractivity contribution is -0.134. The monoisotopic (exact) mass is 355 g/mol. The number of ether oxygens (including phenoxy) is 1. The molecule has 2 heterocycles. The number of anilines is 2. The van der Waals surface area contributed by atoms with Gasteiger partial charge in [-0.15, -0.1) is 0 Å². The first-order valence-corrected chi connectivity index (χ1v) is 8.39. The van der Waals surface area contributed by atoms with E-state index < -0.39 is 0 Å². The van der Waals surface area contributed by atoms with E-state index in [4.69, 9.17) is 4.74 Å². The van der Waals surface area contributed by atoms with E-state index in [1.807, 2.05) is 4.90 Å². The quantitative estimate of drug-likeness (QED) is 0.810. The molecule has 8 nitrogen and oxygen atoms in total. The van der Waals surface area contributed by atoms with Gasteiger partial charge in [0.1, 0.15) is 12.2 Å². The third-order valence-corrected chi connectivity index (χ3v) is 4.13. The number of hydrogen-bond donors (Lipinski definition) is 1. The van der Waals surface area contributed by atoms with Gasteiger partial charge in [0.25, 0.3) is 0 Å². The lowest BCUT2D eigenvalue weighted by Crippen LogP contribution is -2.49. The summed E-state index contributed by atoms with van der Waals surface area (Å²) in [5.41, 5.74) is 0.605. The lowest BCUT2D eigenvalue weighted by atomic mass is 10.2. The average molecular weight is 355 g/mol. The minimum Gasteiger partial charge on any atom is -0.497 e. The standard InChI is InChI=1S/C18H21N5O3/c1-26-15-5-2-4-14(12-15)21-16(24)13-17(25)22-8-10-23(11-9-22)18-19-6-3-7-20-18/h2-7,12H,8-11,13H2,1H3,(H,21,24). The number of rotatable bonds is 5. The summed E-state index contributed by atoms with van der Waals surface area (Å²) in [6.07, 6.45) is 3.21. The Morgan fingerprint density at radius 2 is 1.85 bits per heavy atom. The molecule has 1 aromatic heterocycles. The molecule has 1 aromatic carbocycles. The van der Waals surface area contributed by atoms with Gasteiger partial charge in [-0.05, 0) is 18.2 Å². The molecule has 2 aromatic rings. The van der Waals surface area contributed by atoms with Crippen molar-refractivity contribution in [2.45, 2.75) is 6.42 Å². The number of methoxy groups -OCH3 is 1. The average Bonchev–Trinajstić information content (AvgIpc) is 2.69. The van der Waals surface area contributed by atoms with E-state index in [-0.39, 0.29) is 18.2 Å². The fourth-order valence-electron chi connectivity index (χ4n) is 2.77. The van der Waals surface area contributed by atoms with Gasteiger partial charge in [0.05, 0.1) is 7.11 Å². The molecule has 0 saturated carbocycles. The summed E-state index contributed by atoms with van der Waals surface area (Å²) in [6, 6.07) is 8.80. The van der Waals surface area contributed by atoms with Gasteiger partial charge >= 0.3 is 0 Å². The summed E-state index contributed by atoms with van der Waals surface area (Å²) >= 11 is 0. The van der Waals surface area contributed by atoms with Crippen LogP contribution in [-0.4, -0.2) is 60.0 Å². The first kappa shape index (κ1) is 17.7. The van der Waals surface area contributed by atoms with E-state index in [2.05, 4.69) is 15.3 Å². The number of hydrogen-bond acceptors (Lipinski definition) is 6. The smallest absolute Gasteiger partial charge is 0.233 e. The third kappa shape index (κ3) is 4.47. The molecule has 1 aliphatic rings. The first-order chi connectivity index (χ1) is 12.7. The molecule has 1 saturated heterocycles. The number of piperazine rings is 1. The van der Waals surface area contributed by atoms with Crippen molar-refractivity contribution in [1.82, 2.24) is 14.9 Å². The van der Waals surface area contributed by atoms with Crippen LogP contribution in [0.2, 0.25) is 0 Å². The van der Waals surface area contributed by atoms with Crippen LogP contribution >= 0.6 is 0 Å². The van der Waals surface area contributed by atoms with Crippen molar-refractivity contribution in [2.24, 2.45) is 0 Å². The predicted molar refractivity (Wildman–Crippen MR) is 97.1 cm³/mol. The molecule has 1 N–H and O–H groups in total. The molecule has 0 unspecified atom stereocenters. The third-order valence-electron chi connectivity index (χ3n) is 4.13. The molecule has 1 aliphatic heterocycles. The van der Waals surface area contributed by atoms with E-state index in [9.17, 15) is 9.59 Å². The van der Waals surface area contributed by atoms with Crippen LogP contribution in [0.3, 0.4) is 0 Å². The molecule has 3 rings (SSSR count). The van der Waals surface area contributed by atoms with Crippen molar-refractivity contribution in [3.05, 3.63) is 42.7 Å². The first-order valence-electron chi connectivity index (χ1n) is 8.39. The Morgan fingerprint density at radius 1 is 1.12 bits per heavy atom. The molecule has 0 aliphatic carbocycles. The van der Waals surface area contributed by atoms with Crippen LogP contribution in [0.4, 0.5) is 11.6 Å². The van der Waals surface area contributed by atoms with Crippen LogP contribution in [0.5, 0.6) is 5.75 Å². The zero-order valence-electron chi connectivity index (χ0n) is 14.6. The van der Waals surface area contributed by atoms with E-state index in [0.29, 0.717) is 43.6 Å². The maximum Gasteiger partial charge on any atom is 0.233 e. The number of amides is 2. The minimum atomic E-state index is -0.336. The highest BCUT2D eigenvalue weighted by Crippen LogP contribution is 2.17. The van der Waals surface area contributed by atoms with E-state index in [1.54, 1.807) is 54.7 Å². The number of carbonyl (C=O) groups excluding carboxylic acids is 2. The number of aromatic nitrogens is 2. The van der Waals surface area contributed by atoms with Gasteiger partial charge in [-0.2, -0.15) is 0 Å². The fraction of sp³-hybridized carbons (Fsp3) is 0.333. The molecule has 8 heteroatoms. The van der Waals surface area contributed by atoms with Gasteiger partial charge in [0.2, 0.25) is 17.8 Å². The summed E-state index contributed by atoms with van der Waals surface area (Å²) in [5.74, 6) is 0.792. The Bertz CT molecular complexity index is 760. The van der Waals surface area contributed by atoms with Crippen molar-refractivity contribution < 1.29 is 14.3 Å². The number of carbonyl (C=O) groups is 2. The number of nitrogens with one attached hydrogen (secondary N) is 1. The number of nitrogens with zero attached hydrogens (tertiary/aromatic N) is 4. The van der Waals surface area contributed by atoms with Crippen molar-refractivity contribution in [3.63, 3.8) is 0 Å². The van der Waals surface area contributed by atoms with Gasteiger partial charge in [-0.1, -0.05) is 6.07 Å². The number of benzene rings is 1. The van der Waals surface area contributed by atoms with Crippen LogP contribution in [0.25, 0.3) is 0 Å². The molecule has 136 valence electrons. The van der Waals surface area contributed by atoms with Gasteiger partial charge in [0, 0.05) is 50.3 Å². The molecule has 2 amide bonds. The summed E-state index contributed by atoms with van der Waals surface area (Å²) in [6.45, 7) is 2.38. The highest BCUT2D eigenvalue weighted by atomic mass is 16.5. The Kier molecular flexibility index (Phi) is 5.62. The Hall–Kier alpha value is -3.16. The maximum absolute atomic E-state index is 12.4. The van der Waals surface area contributed by atoms with Crippen molar-refractivity contribution >= 4 is 23.5 Å². The SMILES string of the molecule is COc1cccc(NC(=O)CC(=O)N2CCN(c3ncccn3)CC2)c1. The summed E-state index contributed by atoms with van der Waals surface area (Å²) in [7, 11) is 1.56. The molecule has 1 fully saturated rings. The predicted octanol–water partition coefficient (Wildman–Crippen LogP) is 1.16. The molecule has 26 heavy (non-hydrogen) atoms. The van der Waals surface area contributed by atoms with E-state index in [1.165, 1.54) is 0 Å². The van der Waals surface area contributed by atoms with Crippen LogP contribution in [-0.2, 0) is 9.59 Å². The van der Waals surface area contributed by atoms with Crippen molar-refractivity contribution in [2.75, 3.05) is 43.5 Å². The molecule has 0 radical (unpaired) electrons. The Labute approximate surface area is 151 Å².